The second-order valence-electron chi connectivity index (χ2n) is 8.87. The molecule has 0 N–H and O–H groups in total. The minimum atomic E-state index is -3.74. The quantitative estimate of drug-likeness (QED) is 0.139. The molecule has 2 aromatic rings. The van der Waals surface area contributed by atoms with Gasteiger partial charge in [-0.3, -0.25) is 0 Å². The predicted molar refractivity (Wildman–Crippen MR) is 190 cm³/mol. The number of hydrogen-bond donors (Lipinski definition) is 0. The maximum absolute atomic E-state index is 12.6. The van der Waals surface area contributed by atoms with Crippen molar-refractivity contribution in [1.82, 2.24) is 0 Å². The average molecular weight is 1070 g/mol. The van der Waals surface area contributed by atoms with E-state index in [1.54, 1.807) is 85.5 Å². The van der Waals surface area contributed by atoms with Crippen molar-refractivity contribution in [3.8, 4) is 0 Å². The first-order valence-corrected chi connectivity index (χ1v) is 29.2. The summed E-state index contributed by atoms with van der Waals surface area (Å²) in [5.74, 6) is 1.27. The first kappa shape index (κ1) is 38.1. The van der Waals surface area contributed by atoms with Crippen molar-refractivity contribution in [3.05, 3.63) is 80.7 Å². The van der Waals surface area contributed by atoms with Crippen molar-refractivity contribution in [1.29, 1.82) is 0 Å². The van der Waals surface area contributed by atoms with Gasteiger partial charge in [-0.2, -0.15) is 0 Å². The minimum absolute atomic E-state index is 0.173. The maximum atomic E-state index is 12.6. The standard InChI is InChI=1S/C28H32O6S4Se6/c1-5-39-25-23(35-17-15-33-37(29,30)21-11-7-19(3)8-12-21)41-27(43-25)28-42-24(26(44-28)40-6-2)36-18-16-34-38(31,32)22-13-9-20(4)10-14-22/h7-14H,5-6,15-18H2,1-4H3/b28-27+. The van der Waals surface area contributed by atoms with E-state index in [0.717, 1.165) is 11.1 Å². The van der Waals surface area contributed by atoms with Gasteiger partial charge in [-0.25, -0.2) is 0 Å². The number of hydrogen-bond acceptors (Lipinski definition) is 8. The molecule has 44 heavy (non-hydrogen) atoms. The molecule has 0 spiro atoms. The molecule has 6 nitrogen and oxygen atoms in total. The van der Waals surface area contributed by atoms with Crippen molar-refractivity contribution >= 4 is 134 Å². The normalized spacial score (nSPS) is 17.7. The molecule has 0 aliphatic carbocycles. The molecule has 0 radical (unpaired) electrons. The van der Waals surface area contributed by atoms with Gasteiger partial charge in [-0.05, 0) is 0 Å². The molecule has 0 unspecified atom stereocenters. The van der Waals surface area contributed by atoms with E-state index in [9.17, 15) is 16.8 Å². The average Bonchev–Trinajstić information content (AvgIpc) is 3.58. The van der Waals surface area contributed by atoms with Crippen molar-refractivity contribution < 1.29 is 25.2 Å². The number of rotatable bonds is 16. The molecule has 240 valence electrons. The van der Waals surface area contributed by atoms with E-state index in [1.165, 1.54) is 18.2 Å². The topological polar surface area (TPSA) is 86.7 Å². The number of aryl methyl sites for hydroxylation is 2. The van der Waals surface area contributed by atoms with Crippen LogP contribution in [0.2, 0.25) is 10.6 Å². The van der Waals surface area contributed by atoms with Gasteiger partial charge in [0.05, 0.1) is 0 Å². The molecular weight excluding hydrogens is 1030 g/mol. The molecule has 0 saturated heterocycles. The van der Waals surface area contributed by atoms with Crippen molar-refractivity contribution in [3.63, 3.8) is 0 Å². The molecule has 0 saturated carbocycles. The van der Waals surface area contributed by atoms with Gasteiger partial charge in [0.2, 0.25) is 0 Å². The summed E-state index contributed by atoms with van der Waals surface area (Å²) in [6.45, 7) is 8.71. The van der Waals surface area contributed by atoms with Crippen LogP contribution in [0.1, 0.15) is 25.0 Å². The Balaban J connectivity index is 1.31. The van der Waals surface area contributed by atoms with Crippen LogP contribution in [0.3, 0.4) is 0 Å². The van der Waals surface area contributed by atoms with Crippen molar-refractivity contribution in [2.75, 3.05) is 24.7 Å². The Bertz CT molecular complexity index is 1500. The van der Waals surface area contributed by atoms with Crippen LogP contribution in [0.4, 0.5) is 0 Å². The van der Waals surface area contributed by atoms with E-state index in [4.69, 9.17) is 8.37 Å². The van der Waals surface area contributed by atoms with Crippen molar-refractivity contribution in [2.45, 2.75) is 48.1 Å². The fourth-order valence-corrected chi connectivity index (χ4v) is 38.4. The van der Waals surface area contributed by atoms with Crippen LogP contribution >= 0.6 is 23.5 Å². The Morgan fingerprint density at radius 3 is 1.32 bits per heavy atom. The monoisotopic (exact) mass is 1070 g/mol. The van der Waals surface area contributed by atoms with Crippen LogP contribution in [0.15, 0.2) is 79.4 Å². The molecule has 2 heterocycles. The van der Waals surface area contributed by atoms with Gasteiger partial charge >= 0.3 is 312 Å². The van der Waals surface area contributed by atoms with Gasteiger partial charge in [-0.1, -0.05) is 0 Å². The molecule has 0 bridgehead atoms. The van der Waals surface area contributed by atoms with E-state index in [-0.39, 0.29) is 23.0 Å². The van der Waals surface area contributed by atoms with Gasteiger partial charge < -0.3 is 0 Å². The molecule has 0 atom stereocenters. The molecule has 2 aromatic carbocycles. The summed E-state index contributed by atoms with van der Waals surface area (Å²) in [6, 6.07) is 13.6. The van der Waals surface area contributed by atoms with Crippen LogP contribution in [0, 0.1) is 13.8 Å². The third-order valence-corrected chi connectivity index (χ3v) is 36.3. The Morgan fingerprint density at radius 1 is 0.614 bits per heavy atom. The van der Waals surface area contributed by atoms with Gasteiger partial charge in [-0.15, -0.1) is 0 Å². The molecule has 2 aliphatic rings. The third kappa shape index (κ3) is 11.2. The van der Waals surface area contributed by atoms with E-state index in [2.05, 4.69) is 13.8 Å². The molecular formula is C28H32O6S4Se6. The van der Waals surface area contributed by atoms with Gasteiger partial charge in [0.1, 0.15) is 0 Å². The summed E-state index contributed by atoms with van der Waals surface area (Å²) in [5.41, 5.74) is 2.03. The van der Waals surface area contributed by atoms with Crippen LogP contribution in [-0.4, -0.2) is 131 Å². The predicted octanol–water partition coefficient (Wildman–Crippen LogP) is 4.39. The second kappa shape index (κ2) is 18.3. The first-order valence-electron chi connectivity index (χ1n) is 13.4. The Kier molecular flexibility index (Phi) is 15.9. The van der Waals surface area contributed by atoms with Crippen LogP contribution in [0.25, 0.3) is 0 Å². The summed E-state index contributed by atoms with van der Waals surface area (Å²) < 4.78 is 70.8. The molecule has 4 rings (SSSR count). The zero-order chi connectivity index (χ0) is 31.7. The molecule has 0 aromatic heterocycles. The molecule has 0 amide bonds. The van der Waals surface area contributed by atoms with E-state index < -0.39 is 20.2 Å². The van der Waals surface area contributed by atoms with Crippen LogP contribution in [0.5, 0.6) is 0 Å². The molecule has 2 aliphatic heterocycles. The Labute approximate surface area is 308 Å². The first-order chi connectivity index (χ1) is 21.0. The third-order valence-electron chi connectivity index (χ3n) is 5.52. The van der Waals surface area contributed by atoms with E-state index in [1.807, 2.05) is 13.8 Å². The number of benzene rings is 2. The summed E-state index contributed by atoms with van der Waals surface area (Å²) in [4.78, 5) is 0.414. The summed E-state index contributed by atoms with van der Waals surface area (Å²) in [7, 11) is -7.48. The van der Waals surface area contributed by atoms with Crippen molar-refractivity contribution in [2.24, 2.45) is 0 Å². The fraction of sp³-hybridized carbons (Fsp3) is 0.357. The van der Waals surface area contributed by atoms with Crippen LogP contribution in [-0.2, 0) is 28.6 Å². The van der Waals surface area contributed by atoms with Crippen LogP contribution < -0.4 is 0 Å². The summed E-state index contributed by atoms with van der Waals surface area (Å²) in [5, 5.41) is 2.35. The molecule has 16 heteroatoms. The molecule has 0 fully saturated rings. The second-order valence-corrected chi connectivity index (χ2v) is 34.6. The van der Waals surface area contributed by atoms with E-state index >= 15 is 0 Å². The Hall–Kier alpha value is 1.30. The Morgan fingerprint density at radius 2 is 0.977 bits per heavy atom. The van der Waals surface area contributed by atoms with E-state index in [0.29, 0.717) is 101 Å². The zero-order valence-corrected chi connectivity index (χ0v) is 37.9. The number of thioether (sulfide) groups is 2. The van der Waals surface area contributed by atoms with Gasteiger partial charge in [0, 0.05) is 0 Å². The summed E-state index contributed by atoms with van der Waals surface area (Å²) >= 11 is 6.03. The van der Waals surface area contributed by atoms with Gasteiger partial charge in [0.25, 0.3) is 0 Å². The SMILES string of the molecule is CC[Se]C1=C(SCCOS(=O)(=O)c2ccc(C)cc2)[Se]/C(=C2/[Se]C(SCCOS(=O)(=O)c3ccc(C)cc3)=C([Se]CC)[Se]2)[Se]1. The van der Waals surface area contributed by atoms with Gasteiger partial charge in [0.15, 0.2) is 0 Å². The zero-order valence-electron chi connectivity index (χ0n) is 24.4. The fourth-order valence-electron chi connectivity index (χ4n) is 3.43. The summed E-state index contributed by atoms with van der Waals surface area (Å²) in [6.07, 6.45) is 0.